The van der Waals surface area contributed by atoms with Gasteiger partial charge in [0.15, 0.2) is 5.96 Å². The lowest BCUT2D eigenvalue weighted by atomic mass is 10.1. The van der Waals surface area contributed by atoms with Crippen LogP contribution in [0.2, 0.25) is 0 Å². The van der Waals surface area contributed by atoms with E-state index in [-0.39, 0.29) is 6.10 Å². The van der Waals surface area contributed by atoms with Gasteiger partial charge in [-0.25, -0.2) is 9.98 Å². The van der Waals surface area contributed by atoms with Crippen molar-refractivity contribution in [3.63, 3.8) is 0 Å². The Labute approximate surface area is 165 Å². The Bertz CT molecular complexity index is 781. The molecule has 1 saturated heterocycles. The lowest BCUT2D eigenvalue weighted by Crippen LogP contribution is -2.48. The normalized spacial score (nSPS) is 18.4. The smallest absolute Gasteiger partial charge is 0.194 e. The molecule has 27 heavy (non-hydrogen) atoms. The van der Waals surface area contributed by atoms with Gasteiger partial charge in [-0.15, -0.1) is 11.3 Å². The predicted octanol–water partition coefficient (Wildman–Crippen LogP) is 2.85. The second-order valence-corrected chi connectivity index (χ2v) is 8.41. The molecule has 2 aromatic rings. The fourth-order valence-corrected chi connectivity index (χ4v) is 4.30. The first-order chi connectivity index (χ1) is 13.0. The summed E-state index contributed by atoms with van der Waals surface area (Å²) in [5.74, 6) is 1.38. The van der Waals surface area contributed by atoms with Crippen LogP contribution in [0.4, 0.5) is 0 Å². The molecule has 7 nitrogen and oxygen atoms in total. The summed E-state index contributed by atoms with van der Waals surface area (Å²) in [5.41, 5.74) is 2.30. The number of guanidine groups is 1. The second-order valence-electron chi connectivity index (χ2n) is 7.13. The Morgan fingerprint density at radius 3 is 2.93 bits per heavy atom. The summed E-state index contributed by atoms with van der Waals surface area (Å²) < 4.78 is 7.77. The summed E-state index contributed by atoms with van der Waals surface area (Å²) in [6, 6.07) is 0. The number of ether oxygens (including phenoxy) is 1. The summed E-state index contributed by atoms with van der Waals surface area (Å²) in [4.78, 5) is 13.2. The van der Waals surface area contributed by atoms with Crippen molar-refractivity contribution in [2.45, 2.75) is 46.3 Å². The van der Waals surface area contributed by atoms with Crippen LogP contribution in [0.25, 0.3) is 0 Å². The molecule has 0 radical (unpaired) electrons. The van der Waals surface area contributed by atoms with E-state index in [2.05, 4.69) is 43.0 Å². The summed E-state index contributed by atoms with van der Waals surface area (Å²) in [5, 5.41) is 8.76. The Balaban J connectivity index is 1.72. The summed E-state index contributed by atoms with van der Waals surface area (Å²) in [7, 11) is 1.93. The Hall–Kier alpha value is -1.93. The summed E-state index contributed by atoms with van der Waals surface area (Å²) in [6.07, 6.45) is 3.92. The second kappa shape index (κ2) is 8.84. The van der Waals surface area contributed by atoms with E-state index in [1.807, 2.05) is 24.1 Å². The fraction of sp³-hybridized carbons (Fsp3) is 0.632. The Morgan fingerprint density at radius 2 is 2.30 bits per heavy atom. The third kappa shape index (κ3) is 4.87. The standard InChI is InChI=1S/C19H30N6OS/c1-6-20-19(21-10-17-23-18(13(2)3)14(4)27-17)25-7-8-26-16(12-25)15-9-22-24(5)11-15/h9,11,13,16H,6-8,10,12H2,1-5H3,(H,20,21). The first-order valence-corrected chi connectivity index (χ1v) is 10.4. The molecular formula is C19H30N6OS. The molecule has 1 aliphatic heterocycles. The molecule has 3 heterocycles. The number of aromatic nitrogens is 3. The van der Waals surface area contributed by atoms with Gasteiger partial charge >= 0.3 is 0 Å². The van der Waals surface area contributed by atoms with E-state index in [9.17, 15) is 0 Å². The van der Waals surface area contributed by atoms with Crippen molar-refractivity contribution in [1.29, 1.82) is 0 Å². The number of rotatable bonds is 5. The fourth-order valence-electron chi connectivity index (χ4n) is 3.29. The minimum absolute atomic E-state index is 0.0194. The first-order valence-electron chi connectivity index (χ1n) is 9.57. The van der Waals surface area contributed by atoms with Gasteiger partial charge in [0.2, 0.25) is 0 Å². The Morgan fingerprint density at radius 1 is 1.48 bits per heavy atom. The minimum Gasteiger partial charge on any atom is -0.370 e. The van der Waals surface area contributed by atoms with E-state index < -0.39 is 0 Å². The van der Waals surface area contributed by atoms with Gasteiger partial charge in [-0.2, -0.15) is 5.10 Å². The zero-order chi connectivity index (χ0) is 19.4. The van der Waals surface area contributed by atoms with Crippen molar-refractivity contribution in [2.75, 3.05) is 26.2 Å². The predicted molar refractivity (Wildman–Crippen MR) is 109 cm³/mol. The minimum atomic E-state index is 0.0194. The number of aryl methyl sites for hydroxylation is 2. The molecule has 148 valence electrons. The summed E-state index contributed by atoms with van der Waals surface area (Å²) >= 11 is 1.75. The molecule has 1 atom stereocenters. The number of thiazole rings is 1. The number of aliphatic imine (C=N–C) groups is 1. The van der Waals surface area contributed by atoms with Crippen LogP contribution in [0, 0.1) is 6.92 Å². The number of hydrogen-bond acceptors (Lipinski definition) is 5. The number of nitrogens with zero attached hydrogens (tertiary/aromatic N) is 5. The van der Waals surface area contributed by atoms with E-state index in [0.29, 0.717) is 19.1 Å². The van der Waals surface area contributed by atoms with Crippen LogP contribution in [0.15, 0.2) is 17.4 Å². The molecule has 2 aromatic heterocycles. The molecule has 3 rings (SSSR count). The molecule has 0 amide bonds. The molecule has 1 N–H and O–H groups in total. The van der Waals surface area contributed by atoms with Crippen LogP contribution in [0.3, 0.4) is 0 Å². The lowest BCUT2D eigenvalue weighted by Gasteiger charge is -2.34. The molecule has 1 aliphatic rings. The summed E-state index contributed by atoms with van der Waals surface area (Å²) in [6.45, 7) is 12.3. The highest BCUT2D eigenvalue weighted by Crippen LogP contribution is 2.25. The van der Waals surface area contributed by atoms with Crippen LogP contribution in [0.5, 0.6) is 0 Å². The van der Waals surface area contributed by atoms with Gasteiger partial charge in [0.05, 0.1) is 31.6 Å². The SMILES string of the molecule is CCNC(=NCc1nc(C(C)C)c(C)s1)N1CCOC(c2cnn(C)c2)C1. The van der Waals surface area contributed by atoms with Crippen LogP contribution < -0.4 is 5.32 Å². The highest BCUT2D eigenvalue weighted by atomic mass is 32.1. The molecular weight excluding hydrogens is 360 g/mol. The highest BCUT2D eigenvalue weighted by Gasteiger charge is 2.25. The first kappa shape index (κ1) is 19.8. The molecule has 0 saturated carbocycles. The Kier molecular flexibility index (Phi) is 6.49. The number of nitrogens with one attached hydrogen (secondary N) is 1. The number of morpholine rings is 1. The van der Waals surface area contributed by atoms with Crippen molar-refractivity contribution in [1.82, 2.24) is 25.0 Å². The topological polar surface area (TPSA) is 67.6 Å². The molecule has 1 fully saturated rings. The van der Waals surface area contributed by atoms with E-state index in [4.69, 9.17) is 14.7 Å². The lowest BCUT2D eigenvalue weighted by molar-refractivity contribution is -0.00805. The van der Waals surface area contributed by atoms with E-state index >= 15 is 0 Å². The van der Waals surface area contributed by atoms with Gasteiger partial charge in [-0.05, 0) is 19.8 Å². The monoisotopic (exact) mass is 390 g/mol. The molecule has 1 unspecified atom stereocenters. The van der Waals surface area contributed by atoms with Gasteiger partial charge in [-0.3, -0.25) is 4.68 Å². The van der Waals surface area contributed by atoms with Gasteiger partial charge in [0, 0.05) is 36.8 Å². The maximum absolute atomic E-state index is 5.96. The van der Waals surface area contributed by atoms with E-state index in [0.717, 1.165) is 36.2 Å². The molecule has 0 spiro atoms. The molecule has 0 aliphatic carbocycles. The van der Waals surface area contributed by atoms with Gasteiger partial charge in [0.1, 0.15) is 11.1 Å². The third-order valence-electron chi connectivity index (χ3n) is 4.59. The van der Waals surface area contributed by atoms with Crippen LogP contribution in [0.1, 0.15) is 53.9 Å². The largest absolute Gasteiger partial charge is 0.370 e. The van der Waals surface area contributed by atoms with Crippen LogP contribution in [-0.4, -0.2) is 51.9 Å². The molecule has 8 heteroatoms. The van der Waals surface area contributed by atoms with Crippen LogP contribution in [-0.2, 0) is 18.3 Å². The average molecular weight is 391 g/mol. The zero-order valence-electron chi connectivity index (χ0n) is 16.9. The van der Waals surface area contributed by atoms with Crippen LogP contribution >= 0.6 is 11.3 Å². The van der Waals surface area contributed by atoms with E-state index in [1.54, 1.807) is 11.3 Å². The van der Waals surface area contributed by atoms with Gasteiger partial charge in [0.25, 0.3) is 0 Å². The average Bonchev–Trinajstić information content (AvgIpc) is 3.24. The van der Waals surface area contributed by atoms with Crippen molar-refractivity contribution in [2.24, 2.45) is 12.0 Å². The van der Waals surface area contributed by atoms with Crippen molar-refractivity contribution >= 4 is 17.3 Å². The maximum Gasteiger partial charge on any atom is 0.194 e. The molecule has 0 bridgehead atoms. The van der Waals surface area contributed by atoms with Crippen molar-refractivity contribution < 1.29 is 4.74 Å². The van der Waals surface area contributed by atoms with Crippen molar-refractivity contribution in [3.05, 3.63) is 33.5 Å². The highest BCUT2D eigenvalue weighted by molar-refractivity contribution is 7.11. The van der Waals surface area contributed by atoms with Gasteiger partial charge in [-0.1, -0.05) is 13.8 Å². The van der Waals surface area contributed by atoms with Gasteiger partial charge < -0.3 is 15.0 Å². The van der Waals surface area contributed by atoms with Crippen molar-refractivity contribution in [3.8, 4) is 0 Å². The molecule has 0 aromatic carbocycles. The van der Waals surface area contributed by atoms with E-state index in [1.165, 1.54) is 10.6 Å². The number of hydrogen-bond donors (Lipinski definition) is 1. The zero-order valence-corrected chi connectivity index (χ0v) is 17.7. The maximum atomic E-state index is 5.96. The quantitative estimate of drug-likeness (QED) is 0.628. The third-order valence-corrected chi connectivity index (χ3v) is 5.56.